The highest BCUT2D eigenvalue weighted by Crippen LogP contribution is 1.95. The summed E-state index contributed by atoms with van der Waals surface area (Å²) < 4.78 is 9.73. The summed E-state index contributed by atoms with van der Waals surface area (Å²) in [6, 6.07) is 0. The molecule has 4 heteroatoms. The fourth-order valence-electron chi connectivity index (χ4n) is 0.416. The topological polar surface area (TPSA) is 18.5 Å². The van der Waals surface area contributed by atoms with Crippen LogP contribution in [0.4, 0.5) is 0 Å². The Labute approximate surface area is 71.5 Å². The van der Waals surface area contributed by atoms with Crippen LogP contribution >= 0.6 is 24.4 Å². The molecule has 0 aromatic heterocycles. The quantitative estimate of drug-likeness (QED) is 0.572. The zero-order valence-electron chi connectivity index (χ0n) is 5.49. The normalized spacial score (nSPS) is 11.7. The highest BCUT2D eigenvalue weighted by Gasteiger charge is 2.03. The molecule has 0 N–H and O–H groups in total. The molecule has 57 valence electrons. The van der Waals surface area contributed by atoms with Gasteiger partial charge in [-0.1, -0.05) is 0 Å². The van der Waals surface area contributed by atoms with Gasteiger partial charge in [-0.05, 0) is 37.8 Å². The summed E-state index contributed by atoms with van der Waals surface area (Å²) in [5.74, 6) is 0. The highest BCUT2D eigenvalue weighted by atomic mass is 32.1. The maximum Gasteiger partial charge on any atom is 0.146 e. The number of rotatable bonds is 6. The lowest BCUT2D eigenvalue weighted by Crippen LogP contribution is -2.17. The number of thiocarbonyl (C=S) groups is 2. The second-order valence-electron chi connectivity index (χ2n) is 1.57. The van der Waals surface area contributed by atoms with E-state index in [2.05, 4.69) is 31.4 Å². The van der Waals surface area contributed by atoms with Crippen molar-refractivity contribution in [3.63, 3.8) is 0 Å². The third-order valence-electron chi connectivity index (χ3n) is 0.920. The fraction of sp³-hybridized carbons (Fsp3) is 0.500. The van der Waals surface area contributed by atoms with Crippen LogP contribution in [-0.2, 0) is 9.47 Å². The van der Waals surface area contributed by atoms with E-state index in [4.69, 9.17) is 9.47 Å². The SMILES string of the molecule is [CH2]CC(COC=S)OC=S. The van der Waals surface area contributed by atoms with E-state index >= 15 is 0 Å². The molecule has 1 radical (unpaired) electrons. The van der Waals surface area contributed by atoms with Crippen LogP contribution in [0.5, 0.6) is 0 Å². The minimum Gasteiger partial charge on any atom is -0.486 e. The first-order valence-electron chi connectivity index (χ1n) is 2.78. The largest absolute Gasteiger partial charge is 0.486 e. The Morgan fingerprint density at radius 2 is 2.10 bits per heavy atom. The van der Waals surface area contributed by atoms with Crippen LogP contribution in [0.1, 0.15) is 6.42 Å². The predicted molar refractivity (Wildman–Crippen MR) is 48.1 cm³/mol. The van der Waals surface area contributed by atoms with Crippen LogP contribution in [0.15, 0.2) is 0 Å². The van der Waals surface area contributed by atoms with Gasteiger partial charge in [-0.3, -0.25) is 0 Å². The molecular weight excluding hydrogens is 168 g/mol. The van der Waals surface area contributed by atoms with Crippen LogP contribution in [0.2, 0.25) is 0 Å². The minimum atomic E-state index is -0.0725. The minimum absolute atomic E-state index is 0.0725. The van der Waals surface area contributed by atoms with Gasteiger partial charge in [0.1, 0.15) is 23.8 Å². The monoisotopic (exact) mass is 177 g/mol. The molecule has 0 fully saturated rings. The van der Waals surface area contributed by atoms with Gasteiger partial charge in [0.15, 0.2) is 0 Å². The summed E-state index contributed by atoms with van der Waals surface area (Å²) in [4.78, 5) is 0. The molecule has 1 unspecified atom stereocenters. The molecule has 1 atom stereocenters. The second kappa shape index (κ2) is 6.89. The molecule has 0 aliphatic rings. The predicted octanol–water partition coefficient (Wildman–Crippen LogP) is 1.53. The van der Waals surface area contributed by atoms with Crippen LogP contribution < -0.4 is 0 Å². The maximum absolute atomic E-state index is 4.93. The Morgan fingerprint density at radius 3 is 2.50 bits per heavy atom. The molecule has 0 spiro atoms. The van der Waals surface area contributed by atoms with Crippen molar-refractivity contribution in [3.05, 3.63) is 6.92 Å². The average Bonchev–Trinajstić information content (AvgIpc) is 1.98. The van der Waals surface area contributed by atoms with Crippen LogP contribution in [-0.4, -0.2) is 23.8 Å². The Bertz CT molecular complexity index is 106. The van der Waals surface area contributed by atoms with Crippen LogP contribution in [0, 0.1) is 6.92 Å². The van der Waals surface area contributed by atoms with Gasteiger partial charge in [0.25, 0.3) is 0 Å². The third kappa shape index (κ3) is 4.64. The van der Waals surface area contributed by atoms with Gasteiger partial charge < -0.3 is 9.47 Å². The summed E-state index contributed by atoms with van der Waals surface area (Å²) in [6.07, 6.45) is 0.549. The fourth-order valence-corrected chi connectivity index (χ4v) is 0.652. The zero-order valence-corrected chi connectivity index (χ0v) is 7.12. The van der Waals surface area contributed by atoms with Crippen molar-refractivity contribution in [2.45, 2.75) is 12.5 Å². The maximum atomic E-state index is 4.93. The Balaban J connectivity index is 3.38. The number of hydrogen-bond acceptors (Lipinski definition) is 4. The van der Waals surface area contributed by atoms with E-state index in [9.17, 15) is 0 Å². The molecule has 2 nitrogen and oxygen atoms in total. The highest BCUT2D eigenvalue weighted by molar-refractivity contribution is 7.78. The Kier molecular flexibility index (Phi) is 6.74. The van der Waals surface area contributed by atoms with Crippen molar-refractivity contribution >= 4 is 35.5 Å². The van der Waals surface area contributed by atoms with Crippen LogP contribution in [0.25, 0.3) is 0 Å². The number of ether oxygens (including phenoxy) is 2. The summed E-state index contributed by atoms with van der Waals surface area (Å²) >= 11 is 8.92. The Hall–Kier alpha value is -0.220. The summed E-state index contributed by atoms with van der Waals surface area (Å²) in [7, 11) is 0. The molecule has 10 heavy (non-hydrogen) atoms. The van der Waals surface area contributed by atoms with Crippen molar-refractivity contribution in [1.29, 1.82) is 0 Å². The molecule has 0 rings (SSSR count). The first-order valence-corrected chi connectivity index (χ1v) is 3.73. The lowest BCUT2D eigenvalue weighted by Gasteiger charge is -2.11. The number of hydrogen-bond donors (Lipinski definition) is 0. The first kappa shape index (κ1) is 9.78. The van der Waals surface area contributed by atoms with Gasteiger partial charge in [-0.25, -0.2) is 0 Å². The van der Waals surface area contributed by atoms with E-state index in [0.717, 1.165) is 0 Å². The van der Waals surface area contributed by atoms with Crippen molar-refractivity contribution in [3.8, 4) is 0 Å². The van der Waals surface area contributed by atoms with E-state index in [1.807, 2.05) is 0 Å². The second-order valence-corrected chi connectivity index (χ2v) is 1.96. The van der Waals surface area contributed by atoms with Crippen LogP contribution in [0.3, 0.4) is 0 Å². The van der Waals surface area contributed by atoms with Gasteiger partial charge >= 0.3 is 0 Å². The van der Waals surface area contributed by atoms with Gasteiger partial charge in [0.05, 0.1) is 0 Å². The average molecular weight is 177 g/mol. The molecule has 0 amide bonds. The molecule has 0 aliphatic carbocycles. The molecule has 0 aromatic rings. The summed E-state index contributed by atoms with van der Waals surface area (Å²) in [6.45, 7) is 4.06. The first-order chi connectivity index (χ1) is 4.85. The molecule has 0 heterocycles. The van der Waals surface area contributed by atoms with Crippen molar-refractivity contribution < 1.29 is 9.47 Å². The van der Waals surface area contributed by atoms with E-state index in [1.54, 1.807) is 0 Å². The van der Waals surface area contributed by atoms with E-state index in [1.165, 1.54) is 11.1 Å². The van der Waals surface area contributed by atoms with Gasteiger partial charge in [-0.15, -0.1) is 0 Å². The molecular formula is C6H9O2S2. The van der Waals surface area contributed by atoms with E-state index < -0.39 is 0 Å². The van der Waals surface area contributed by atoms with Crippen molar-refractivity contribution in [2.75, 3.05) is 6.61 Å². The lowest BCUT2D eigenvalue weighted by atomic mass is 10.3. The smallest absolute Gasteiger partial charge is 0.146 e. The molecule has 0 aromatic carbocycles. The van der Waals surface area contributed by atoms with Gasteiger partial charge in [0.2, 0.25) is 0 Å². The van der Waals surface area contributed by atoms with Crippen molar-refractivity contribution in [1.82, 2.24) is 0 Å². The van der Waals surface area contributed by atoms with E-state index in [0.29, 0.717) is 13.0 Å². The summed E-state index contributed by atoms with van der Waals surface area (Å²) in [5.41, 5.74) is 2.41. The third-order valence-corrected chi connectivity index (χ3v) is 1.17. The van der Waals surface area contributed by atoms with Crippen molar-refractivity contribution in [2.24, 2.45) is 0 Å². The molecule has 0 aliphatic heterocycles. The van der Waals surface area contributed by atoms with Gasteiger partial charge in [-0.2, -0.15) is 0 Å². The Morgan fingerprint density at radius 1 is 1.40 bits per heavy atom. The van der Waals surface area contributed by atoms with Gasteiger partial charge in [0, 0.05) is 0 Å². The zero-order chi connectivity index (χ0) is 7.82. The molecule has 0 saturated heterocycles. The summed E-state index contributed by atoms with van der Waals surface area (Å²) in [5, 5.41) is 0. The molecule has 0 bridgehead atoms. The van der Waals surface area contributed by atoms with E-state index in [-0.39, 0.29) is 6.10 Å². The molecule has 0 saturated carbocycles. The lowest BCUT2D eigenvalue weighted by molar-refractivity contribution is 0.130. The standard InChI is InChI=1S/C6H9O2S2/c1-2-6(8-5-10)3-7-4-9/h4-6H,1-3H2.